The van der Waals surface area contributed by atoms with Gasteiger partial charge in [0.1, 0.15) is 11.6 Å². The van der Waals surface area contributed by atoms with E-state index in [0.29, 0.717) is 12.4 Å². The average Bonchev–Trinajstić information content (AvgIpc) is 2.80. The normalized spacial score (nSPS) is 11.4. The van der Waals surface area contributed by atoms with Crippen molar-refractivity contribution in [1.29, 1.82) is 0 Å². The molecule has 0 saturated carbocycles. The second-order valence-electron chi connectivity index (χ2n) is 5.99. The van der Waals surface area contributed by atoms with Crippen LogP contribution in [0.5, 0.6) is 0 Å². The number of carboxylic acid groups (broad SMARTS) is 1. The van der Waals surface area contributed by atoms with E-state index in [0.717, 1.165) is 11.5 Å². The third-order valence-corrected chi connectivity index (χ3v) is 3.19. The van der Waals surface area contributed by atoms with Crippen molar-refractivity contribution in [3.05, 3.63) is 41.6 Å². The van der Waals surface area contributed by atoms with Crippen molar-refractivity contribution in [2.24, 2.45) is 7.05 Å². The van der Waals surface area contributed by atoms with E-state index >= 15 is 0 Å². The minimum atomic E-state index is -0.956. The standard InChI is InChI=1S/C15H20N4O2/c1-15(2,3)11-7-10(14(20)21)8-12(18-11)17-9-13-16-5-6-19(13)4/h5-8H,9H2,1-4H3,(H,17,18)(H,20,21). The number of rotatable bonds is 4. The second-order valence-corrected chi connectivity index (χ2v) is 5.99. The van der Waals surface area contributed by atoms with Crippen LogP contribution in [0, 0.1) is 0 Å². The molecule has 2 heterocycles. The minimum Gasteiger partial charge on any atom is -0.478 e. The molecule has 2 N–H and O–H groups in total. The van der Waals surface area contributed by atoms with Crippen molar-refractivity contribution in [1.82, 2.24) is 14.5 Å². The number of aryl methyl sites for hydroxylation is 1. The molecule has 0 fully saturated rings. The monoisotopic (exact) mass is 288 g/mol. The Morgan fingerprint density at radius 2 is 2.10 bits per heavy atom. The molecule has 6 heteroatoms. The zero-order chi connectivity index (χ0) is 15.6. The molecule has 21 heavy (non-hydrogen) atoms. The molecular weight excluding hydrogens is 268 g/mol. The molecule has 0 amide bonds. The fourth-order valence-electron chi connectivity index (χ4n) is 1.87. The molecule has 0 atom stereocenters. The molecule has 2 aromatic rings. The SMILES string of the molecule is Cn1ccnc1CNc1cc(C(=O)O)cc(C(C)(C)C)n1. The summed E-state index contributed by atoms with van der Waals surface area (Å²) in [7, 11) is 1.91. The number of pyridine rings is 1. The number of carboxylic acids is 1. The van der Waals surface area contributed by atoms with Gasteiger partial charge in [-0.2, -0.15) is 0 Å². The van der Waals surface area contributed by atoms with Crippen LogP contribution in [-0.4, -0.2) is 25.6 Å². The van der Waals surface area contributed by atoms with Gasteiger partial charge in [-0.1, -0.05) is 20.8 Å². The number of carbonyl (C=O) groups is 1. The summed E-state index contributed by atoms with van der Waals surface area (Å²) in [5.74, 6) is 0.445. The molecule has 0 unspecified atom stereocenters. The predicted molar refractivity (Wildman–Crippen MR) is 80.4 cm³/mol. The number of hydrogen-bond acceptors (Lipinski definition) is 4. The molecule has 0 saturated heterocycles. The van der Waals surface area contributed by atoms with Gasteiger partial charge >= 0.3 is 5.97 Å². The minimum absolute atomic E-state index is 0.217. The van der Waals surface area contributed by atoms with Crippen molar-refractivity contribution >= 4 is 11.8 Å². The third kappa shape index (κ3) is 3.59. The summed E-state index contributed by atoms with van der Waals surface area (Å²) in [6, 6.07) is 3.16. The van der Waals surface area contributed by atoms with Gasteiger partial charge < -0.3 is 15.0 Å². The Morgan fingerprint density at radius 1 is 1.38 bits per heavy atom. The lowest BCUT2D eigenvalue weighted by molar-refractivity contribution is 0.0696. The lowest BCUT2D eigenvalue weighted by Gasteiger charge is -2.19. The molecule has 0 aliphatic rings. The highest BCUT2D eigenvalue weighted by atomic mass is 16.4. The number of nitrogens with one attached hydrogen (secondary N) is 1. The number of nitrogens with zero attached hydrogens (tertiary/aromatic N) is 3. The molecule has 0 aromatic carbocycles. The van der Waals surface area contributed by atoms with Gasteiger partial charge in [-0.25, -0.2) is 14.8 Å². The first-order valence-electron chi connectivity index (χ1n) is 6.73. The first-order valence-corrected chi connectivity index (χ1v) is 6.73. The maximum atomic E-state index is 11.2. The van der Waals surface area contributed by atoms with Crippen molar-refractivity contribution in [3.63, 3.8) is 0 Å². The number of imidazole rings is 1. The van der Waals surface area contributed by atoms with Gasteiger partial charge in [0.15, 0.2) is 0 Å². The first-order chi connectivity index (χ1) is 9.77. The van der Waals surface area contributed by atoms with E-state index < -0.39 is 5.97 Å². The third-order valence-electron chi connectivity index (χ3n) is 3.19. The Kier molecular flexibility index (Phi) is 3.97. The molecule has 0 bridgehead atoms. The summed E-state index contributed by atoms with van der Waals surface area (Å²) in [5, 5.41) is 12.4. The van der Waals surface area contributed by atoms with Crippen LogP contribution in [0.25, 0.3) is 0 Å². The highest BCUT2D eigenvalue weighted by molar-refractivity contribution is 5.88. The van der Waals surface area contributed by atoms with E-state index in [4.69, 9.17) is 0 Å². The van der Waals surface area contributed by atoms with Gasteiger partial charge in [0.25, 0.3) is 0 Å². The maximum Gasteiger partial charge on any atom is 0.335 e. The van der Waals surface area contributed by atoms with Gasteiger partial charge in [0, 0.05) is 30.6 Å². The van der Waals surface area contributed by atoms with E-state index in [9.17, 15) is 9.90 Å². The summed E-state index contributed by atoms with van der Waals surface area (Å²) in [6.45, 7) is 6.50. The van der Waals surface area contributed by atoms with Crippen LogP contribution < -0.4 is 5.32 Å². The van der Waals surface area contributed by atoms with Gasteiger partial charge in [0.05, 0.1) is 12.1 Å². The Morgan fingerprint density at radius 3 is 2.62 bits per heavy atom. The summed E-state index contributed by atoms with van der Waals surface area (Å²) in [5.41, 5.74) is 0.757. The topological polar surface area (TPSA) is 80.0 Å². The molecule has 6 nitrogen and oxygen atoms in total. The van der Waals surface area contributed by atoms with Crippen LogP contribution in [0.4, 0.5) is 5.82 Å². The zero-order valence-corrected chi connectivity index (χ0v) is 12.7. The van der Waals surface area contributed by atoms with E-state index in [-0.39, 0.29) is 11.0 Å². The number of aromatic nitrogens is 3. The Bertz CT molecular complexity index is 656. The van der Waals surface area contributed by atoms with Crippen LogP contribution in [0.15, 0.2) is 24.5 Å². The summed E-state index contributed by atoms with van der Waals surface area (Å²) in [6.07, 6.45) is 3.58. The van der Waals surface area contributed by atoms with E-state index in [1.807, 2.05) is 38.6 Å². The van der Waals surface area contributed by atoms with Gasteiger partial charge in [-0.3, -0.25) is 0 Å². The van der Waals surface area contributed by atoms with Gasteiger partial charge in [0.2, 0.25) is 0 Å². The van der Waals surface area contributed by atoms with E-state index in [1.165, 1.54) is 0 Å². The highest BCUT2D eigenvalue weighted by Crippen LogP contribution is 2.23. The lowest BCUT2D eigenvalue weighted by atomic mass is 9.91. The van der Waals surface area contributed by atoms with Gasteiger partial charge in [-0.15, -0.1) is 0 Å². The van der Waals surface area contributed by atoms with Crippen LogP contribution in [0.3, 0.4) is 0 Å². The molecule has 0 spiro atoms. The smallest absolute Gasteiger partial charge is 0.335 e. The van der Waals surface area contributed by atoms with Crippen molar-refractivity contribution < 1.29 is 9.90 Å². The number of hydrogen-bond donors (Lipinski definition) is 2. The molecule has 112 valence electrons. The van der Waals surface area contributed by atoms with Crippen molar-refractivity contribution in [2.75, 3.05) is 5.32 Å². The lowest BCUT2D eigenvalue weighted by Crippen LogP contribution is -2.17. The van der Waals surface area contributed by atoms with Crippen LogP contribution in [0.1, 0.15) is 42.6 Å². The molecule has 2 aromatic heterocycles. The first kappa shape index (κ1) is 15.0. The Balaban J connectivity index is 2.28. The van der Waals surface area contributed by atoms with Crippen molar-refractivity contribution in [3.8, 4) is 0 Å². The van der Waals surface area contributed by atoms with Crippen molar-refractivity contribution in [2.45, 2.75) is 32.7 Å². The van der Waals surface area contributed by atoms with E-state index in [1.54, 1.807) is 18.3 Å². The zero-order valence-electron chi connectivity index (χ0n) is 12.7. The van der Waals surface area contributed by atoms with Gasteiger partial charge in [-0.05, 0) is 12.1 Å². The van der Waals surface area contributed by atoms with E-state index in [2.05, 4.69) is 15.3 Å². The Labute approximate surface area is 123 Å². The summed E-state index contributed by atoms with van der Waals surface area (Å²) < 4.78 is 1.90. The fourth-order valence-corrected chi connectivity index (χ4v) is 1.87. The quantitative estimate of drug-likeness (QED) is 0.903. The molecule has 0 aliphatic heterocycles. The summed E-state index contributed by atoms with van der Waals surface area (Å²) >= 11 is 0. The van der Waals surface area contributed by atoms with Crippen LogP contribution in [0.2, 0.25) is 0 Å². The predicted octanol–water partition coefficient (Wildman–Crippen LogP) is 2.42. The maximum absolute atomic E-state index is 11.2. The number of anilines is 1. The summed E-state index contributed by atoms with van der Waals surface area (Å²) in [4.78, 5) is 20.0. The second kappa shape index (κ2) is 5.55. The largest absolute Gasteiger partial charge is 0.478 e. The fraction of sp³-hybridized carbons (Fsp3) is 0.400. The molecule has 2 rings (SSSR count). The van der Waals surface area contributed by atoms with Crippen LogP contribution >= 0.6 is 0 Å². The molecule has 0 radical (unpaired) electrons. The van der Waals surface area contributed by atoms with Crippen LogP contribution in [-0.2, 0) is 19.0 Å². The molecular formula is C15H20N4O2. The average molecular weight is 288 g/mol. The Hall–Kier alpha value is -2.37. The highest BCUT2D eigenvalue weighted by Gasteiger charge is 2.19. The molecule has 0 aliphatic carbocycles. The number of aromatic carboxylic acids is 1.